The van der Waals surface area contributed by atoms with E-state index in [4.69, 9.17) is 0 Å². The minimum Gasteiger partial charge on any atom is -0.0686 e. The molecule has 3 rings (SSSR count). The normalized spacial score (nSPS) is 12.1. The van der Waals surface area contributed by atoms with Crippen LogP contribution in [-0.2, 0) is 0 Å². The summed E-state index contributed by atoms with van der Waals surface area (Å²) < 4.78 is 0. The highest BCUT2D eigenvalue weighted by Gasteiger charge is 2.26. The summed E-state index contributed by atoms with van der Waals surface area (Å²) in [6, 6.07) is 27.2. The fraction of sp³-hybridized carbons (Fsp3) is 0.259. The van der Waals surface area contributed by atoms with Gasteiger partial charge in [-0.25, -0.2) is 0 Å². The summed E-state index contributed by atoms with van der Waals surface area (Å²) in [5.74, 6) is 0. The molecular formula is C27H33BP+. The van der Waals surface area contributed by atoms with Crippen molar-refractivity contribution in [3.05, 3.63) is 101 Å². The summed E-state index contributed by atoms with van der Waals surface area (Å²) in [4.78, 5) is 0. The minimum atomic E-state index is -0.914. The second-order valence-electron chi connectivity index (χ2n) is 9.25. The molecule has 2 heteroatoms. The Bertz CT molecular complexity index is 914. The summed E-state index contributed by atoms with van der Waals surface area (Å²) in [5, 5.41) is 0. The molecule has 0 atom stereocenters. The summed E-state index contributed by atoms with van der Waals surface area (Å²) in [6.07, 6.45) is 3.67. The minimum absolute atomic E-state index is 0.241. The fourth-order valence-corrected chi connectivity index (χ4v) is 4.33. The summed E-state index contributed by atoms with van der Waals surface area (Å²) in [5.41, 5.74) is 9.38. The Balaban J connectivity index is 2.19. The Morgan fingerprint density at radius 3 is 1.41 bits per heavy atom. The lowest BCUT2D eigenvalue weighted by Gasteiger charge is -2.21. The van der Waals surface area contributed by atoms with Crippen LogP contribution in [0.25, 0.3) is 5.47 Å². The van der Waals surface area contributed by atoms with E-state index in [0.29, 0.717) is 0 Å². The smallest absolute Gasteiger partial charge is 0.0686 e. The fourth-order valence-electron chi connectivity index (χ4n) is 3.59. The maximum Gasteiger partial charge on any atom is 0.241 e. The molecule has 148 valence electrons. The molecule has 0 radical (unpaired) electrons. The standard InChI is InChI=1S/C27H33BP/c1-21-7-13-24(14-8-21)27(19-20-29(4,5)6)28(25-15-9-22(2)10-16-25)26-17-11-23(3)12-18-26/h7-19H,20H2,1-6H3/q+1/b27-19-. The SMILES string of the molecule is Cc1ccc(B(/C(=C\C[P+](C)(C)C)c2ccc(C)cc2)c2ccc(C)cc2)cc1. The van der Waals surface area contributed by atoms with Gasteiger partial charge in [0.05, 0.1) is 6.16 Å². The van der Waals surface area contributed by atoms with Gasteiger partial charge in [-0.05, 0) is 26.3 Å². The molecule has 3 aromatic rings. The van der Waals surface area contributed by atoms with E-state index in [0.717, 1.165) is 6.16 Å². The first-order valence-corrected chi connectivity index (χ1v) is 13.8. The largest absolute Gasteiger partial charge is 0.241 e. The number of benzene rings is 3. The van der Waals surface area contributed by atoms with Gasteiger partial charge in [0.25, 0.3) is 0 Å². The van der Waals surface area contributed by atoms with Gasteiger partial charge in [0.1, 0.15) is 0 Å². The first-order chi connectivity index (χ1) is 13.7. The lowest BCUT2D eigenvalue weighted by Crippen LogP contribution is -2.43. The van der Waals surface area contributed by atoms with Crippen molar-refractivity contribution in [1.29, 1.82) is 0 Å². The van der Waals surface area contributed by atoms with Gasteiger partial charge in [0.15, 0.2) is 0 Å². The van der Waals surface area contributed by atoms with Crippen molar-refractivity contribution in [2.75, 3.05) is 26.2 Å². The topological polar surface area (TPSA) is 0 Å². The van der Waals surface area contributed by atoms with Crippen molar-refractivity contribution in [3.8, 4) is 0 Å². The van der Waals surface area contributed by atoms with E-state index in [1.165, 1.54) is 38.7 Å². The molecule has 0 bridgehead atoms. The van der Waals surface area contributed by atoms with Gasteiger partial charge in [-0.1, -0.05) is 112 Å². The second-order valence-corrected chi connectivity index (χ2v) is 14.2. The number of hydrogen-bond acceptors (Lipinski definition) is 0. The molecule has 0 amide bonds. The van der Waals surface area contributed by atoms with Gasteiger partial charge in [-0.3, -0.25) is 0 Å². The van der Waals surface area contributed by atoms with Gasteiger partial charge in [-0.15, -0.1) is 0 Å². The van der Waals surface area contributed by atoms with Crippen molar-refractivity contribution in [1.82, 2.24) is 0 Å². The number of hydrogen-bond donors (Lipinski definition) is 0. The molecule has 0 saturated carbocycles. The first kappa shape index (κ1) is 21.6. The van der Waals surface area contributed by atoms with Crippen LogP contribution in [0, 0.1) is 20.8 Å². The Morgan fingerprint density at radius 2 is 1.03 bits per heavy atom. The monoisotopic (exact) mass is 399 g/mol. The van der Waals surface area contributed by atoms with Crippen LogP contribution in [0.1, 0.15) is 22.3 Å². The highest BCUT2D eigenvalue weighted by molar-refractivity contribution is 7.73. The highest BCUT2D eigenvalue weighted by atomic mass is 31.2. The number of rotatable bonds is 6. The molecule has 0 nitrogen and oxygen atoms in total. The van der Waals surface area contributed by atoms with Gasteiger partial charge >= 0.3 is 0 Å². The lowest BCUT2D eigenvalue weighted by molar-refractivity contribution is 1.45. The molecule has 0 saturated heterocycles. The second kappa shape index (κ2) is 9.14. The summed E-state index contributed by atoms with van der Waals surface area (Å²) in [6.45, 7) is 14.0. The van der Waals surface area contributed by atoms with Crippen molar-refractivity contribution in [2.45, 2.75) is 20.8 Å². The molecule has 0 aliphatic rings. The van der Waals surface area contributed by atoms with Crippen LogP contribution < -0.4 is 10.9 Å². The third-order valence-corrected chi connectivity index (χ3v) is 6.65. The third kappa shape index (κ3) is 5.94. The molecule has 0 unspecified atom stereocenters. The molecule has 0 N–H and O–H groups in total. The van der Waals surface area contributed by atoms with Crippen molar-refractivity contribution in [3.63, 3.8) is 0 Å². The summed E-state index contributed by atoms with van der Waals surface area (Å²) in [7, 11) is -0.914. The zero-order valence-electron chi connectivity index (χ0n) is 18.7. The number of aryl methyl sites for hydroxylation is 3. The molecule has 0 aliphatic carbocycles. The first-order valence-electron chi connectivity index (χ1n) is 10.4. The zero-order valence-corrected chi connectivity index (χ0v) is 19.6. The van der Waals surface area contributed by atoms with Crippen molar-refractivity contribution in [2.24, 2.45) is 0 Å². The van der Waals surface area contributed by atoms with Gasteiger partial charge < -0.3 is 0 Å². The highest BCUT2D eigenvalue weighted by Crippen LogP contribution is 2.46. The van der Waals surface area contributed by atoms with Gasteiger partial charge in [0, 0.05) is 27.3 Å². The van der Waals surface area contributed by atoms with Crippen LogP contribution in [0.2, 0.25) is 0 Å². The van der Waals surface area contributed by atoms with Crippen molar-refractivity contribution >= 4 is 30.4 Å². The van der Waals surface area contributed by atoms with Crippen LogP contribution in [0.15, 0.2) is 78.9 Å². The average molecular weight is 399 g/mol. The van der Waals surface area contributed by atoms with E-state index >= 15 is 0 Å². The molecule has 0 heterocycles. The predicted molar refractivity (Wildman–Crippen MR) is 136 cm³/mol. The van der Waals surface area contributed by atoms with Gasteiger partial charge in [-0.2, -0.15) is 0 Å². The maximum absolute atomic E-state index is 2.52. The van der Waals surface area contributed by atoms with Crippen LogP contribution in [0.3, 0.4) is 0 Å². The Hall–Kier alpha value is -2.11. The molecular weight excluding hydrogens is 366 g/mol. The van der Waals surface area contributed by atoms with Crippen LogP contribution >= 0.6 is 7.26 Å². The number of allylic oxidation sites excluding steroid dienone is 1. The van der Waals surface area contributed by atoms with E-state index in [9.17, 15) is 0 Å². The lowest BCUT2D eigenvalue weighted by atomic mass is 9.35. The average Bonchev–Trinajstić information content (AvgIpc) is 2.67. The maximum atomic E-state index is 2.52. The zero-order chi connectivity index (χ0) is 21.0. The van der Waals surface area contributed by atoms with Crippen LogP contribution in [0.5, 0.6) is 0 Å². The molecule has 0 spiro atoms. The third-order valence-electron chi connectivity index (χ3n) is 5.38. The quantitative estimate of drug-likeness (QED) is 0.366. The van der Waals surface area contributed by atoms with Crippen LogP contribution in [-0.4, -0.2) is 32.9 Å². The molecule has 3 aromatic carbocycles. The Labute approximate surface area is 178 Å². The Morgan fingerprint density at radius 1 is 0.655 bits per heavy atom. The molecule has 0 aliphatic heterocycles. The molecule has 29 heavy (non-hydrogen) atoms. The predicted octanol–water partition coefficient (Wildman–Crippen LogP) is 5.75. The van der Waals surface area contributed by atoms with E-state index in [1.807, 2.05) is 0 Å². The van der Waals surface area contributed by atoms with Crippen LogP contribution in [0.4, 0.5) is 0 Å². The molecule has 0 fully saturated rings. The van der Waals surface area contributed by atoms with E-state index in [2.05, 4.69) is 120 Å². The Kier molecular flexibility index (Phi) is 6.81. The van der Waals surface area contributed by atoms with E-state index < -0.39 is 7.26 Å². The summed E-state index contributed by atoms with van der Waals surface area (Å²) >= 11 is 0. The van der Waals surface area contributed by atoms with Gasteiger partial charge in [0.2, 0.25) is 6.71 Å². The van der Waals surface area contributed by atoms with Crippen molar-refractivity contribution < 1.29 is 0 Å². The van der Waals surface area contributed by atoms with E-state index in [1.54, 1.807) is 0 Å². The molecule has 0 aromatic heterocycles. The van der Waals surface area contributed by atoms with E-state index in [-0.39, 0.29) is 6.71 Å².